The Hall–Kier alpha value is -1.25. The van der Waals surface area contributed by atoms with Gasteiger partial charge in [-0.1, -0.05) is 13.8 Å². The maximum atomic E-state index is 12.4. The van der Waals surface area contributed by atoms with Gasteiger partial charge in [0.15, 0.2) is 0 Å². The summed E-state index contributed by atoms with van der Waals surface area (Å²) in [6, 6.07) is 3.70. The van der Waals surface area contributed by atoms with Crippen molar-refractivity contribution in [3.8, 4) is 0 Å². The van der Waals surface area contributed by atoms with Gasteiger partial charge in [0, 0.05) is 30.6 Å². The van der Waals surface area contributed by atoms with Crippen LogP contribution in [0.2, 0.25) is 0 Å². The Bertz CT molecular complexity index is 1020. The van der Waals surface area contributed by atoms with E-state index in [1.54, 1.807) is 6.26 Å². The van der Waals surface area contributed by atoms with Crippen molar-refractivity contribution >= 4 is 0 Å². The van der Waals surface area contributed by atoms with E-state index in [4.69, 9.17) is 9.15 Å². The van der Waals surface area contributed by atoms with Crippen LogP contribution >= 0.6 is 0 Å². The van der Waals surface area contributed by atoms with Gasteiger partial charge in [-0.3, -0.25) is 4.90 Å². The van der Waals surface area contributed by atoms with Gasteiger partial charge in [0.2, 0.25) is 0 Å². The predicted molar refractivity (Wildman–Crippen MR) is 135 cm³/mol. The van der Waals surface area contributed by atoms with E-state index < -0.39 is 11.2 Å². The number of aliphatic hydroxyl groups is 3. The molecule has 0 aromatic carbocycles. The first-order chi connectivity index (χ1) is 17.1. The number of fused-ring (bicyclic) bond motifs is 5. The standard InChI is InChI=1S/C29H43NO6/c1-26-9-5-20(30-13-14-35-21(16-30)17-31)15-28(26,33)11-7-24-23(26)6-10-27(2)22(8-12-29(24,27)34)19-3-4-25(32)36-18-19/h3-4,18,20-24,31,33-34H,5-17H2,1-2H3/t20-,21-,22+,23-,24+,26+,27+,28-,29-/m0/s1. The third kappa shape index (κ3) is 3.46. The highest BCUT2D eigenvalue weighted by atomic mass is 16.5. The van der Waals surface area contributed by atoms with E-state index in [0.717, 1.165) is 76.4 Å². The molecule has 1 saturated heterocycles. The molecule has 200 valence electrons. The highest BCUT2D eigenvalue weighted by Gasteiger charge is 2.70. The maximum Gasteiger partial charge on any atom is 0.335 e. The van der Waals surface area contributed by atoms with Gasteiger partial charge in [0.1, 0.15) is 0 Å². The molecule has 2 heterocycles. The van der Waals surface area contributed by atoms with Gasteiger partial charge >= 0.3 is 5.63 Å². The number of hydrogen-bond acceptors (Lipinski definition) is 7. The zero-order valence-corrected chi connectivity index (χ0v) is 21.8. The summed E-state index contributed by atoms with van der Waals surface area (Å²) in [4.78, 5) is 14.0. The van der Waals surface area contributed by atoms with E-state index in [0.29, 0.717) is 18.6 Å². The average Bonchev–Trinajstić information content (AvgIpc) is 3.16. The molecule has 9 atom stereocenters. The molecule has 5 fully saturated rings. The SMILES string of the molecule is C[C@]12CC[C@H](N3CCO[C@H](CO)C3)C[C@@]1(O)CC[C@@H]1[C@@H]2CC[C@]2(C)[C@@H](c3ccc(=O)oc3)CC[C@]12O. The van der Waals surface area contributed by atoms with Crippen molar-refractivity contribution < 1.29 is 24.5 Å². The summed E-state index contributed by atoms with van der Waals surface area (Å²) in [6.07, 6.45) is 9.45. The van der Waals surface area contributed by atoms with Crippen molar-refractivity contribution in [1.82, 2.24) is 4.90 Å². The minimum atomic E-state index is -0.767. The second-order valence-corrected chi connectivity index (χ2v) is 13.1. The van der Waals surface area contributed by atoms with Crippen LogP contribution in [0.4, 0.5) is 0 Å². The van der Waals surface area contributed by atoms with Crippen LogP contribution in [0.25, 0.3) is 0 Å². The van der Waals surface area contributed by atoms with Crippen LogP contribution in [0.15, 0.2) is 27.6 Å². The molecular weight excluding hydrogens is 458 g/mol. The molecule has 5 aliphatic rings. The fraction of sp³-hybridized carbons (Fsp3) is 0.828. The molecule has 0 bridgehead atoms. The van der Waals surface area contributed by atoms with Gasteiger partial charge < -0.3 is 24.5 Å². The summed E-state index contributed by atoms with van der Waals surface area (Å²) >= 11 is 0. The second kappa shape index (κ2) is 8.63. The Balaban J connectivity index is 1.24. The van der Waals surface area contributed by atoms with E-state index >= 15 is 0 Å². The smallest absolute Gasteiger partial charge is 0.335 e. The summed E-state index contributed by atoms with van der Waals surface area (Å²) in [5, 5.41) is 34.3. The third-order valence-electron chi connectivity index (χ3n) is 12.0. The zero-order valence-electron chi connectivity index (χ0n) is 21.8. The summed E-state index contributed by atoms with van der Waals surface area (Å²) in [5.74, 6) is 0.663. The van der Waals surface area contributed by atoms with Crippen LogP contribution in [0.5, 0.6) is 0 Å². The van der Waals surface area contributed by atoms with Gasteiger partial charge in [0.25, 0.3) is 0 Å². The van der Waals surface area contributed by atoms with Crippen LogP contribution in [-0.2, 0) is 4.74 Å². The molecule has 4 saturated carbocycles. The minimum absolute atomic E-state index is 0.0441. The van der Waals surface area contributed by atoms with Crippen molar-refractivity contribution in [2.75, 3.05) is 26.3 Å². The Morgan fingerprint density at radius 3 is 2.53 bits per heavy atom. The zero-order chi connectivity index (χ0) is 25.3. The van der Waals surface area contributed by atoms with Crippen LogP contribution in [-0.4, -0.2) is 69.9 Å². The number of morpholine rings is 1. The molecule has 36 heavy (non-hydrogen) atoms. The number of nitrogens with zero attached hydrogens (tertiary/aromatic N) is 1. The summed E-state index contributed by atoms with van der Waals surface area (Å²) < 4.78 is 10.9. The molecule has 6 rings (SSSR count). The summed E-state index contributed by atoms with van der Waals surface area (Å²) in [7, 11) is 0. The van der Waals surface area contributed by atoms with E-state index in [1.165, 1.54) is 6.07 Å². The van der Waals surface area contributed by atoms with Gasteiger partial charge in [-0.05, 0) is 92.6 Å². The lowest BCUT2D eigenvalue weighted by Crippen LogP contribution is -2.68. The molecule has 0 unspecified atom stereocenters. The molecule has 3 N–H and O–H groups in total. The summed E-state index contributed by atoms with van der Waals surface area (Å²) in [6.45, 7) is 6.84. The third-order valence-corrected chi connectivity index (χ3v) is 12.0. The highest BCUT2D eigenvalue weighted by Crippen LogP contribution is 2.71. The van der Waals surface area contributed by atoms with Crippen molar-refractivity contribution in [1.29, 1.82) is 0 Å². The van der Waals surface area contributed by atoms with Crippen molar-refractivity contribution in [3.05, 3.63) is 34.4 Å². The quantitative estimate of drug-likeness (QED) is 0.585. The monoisotopic (exact) mass is 501 g/mol. The van der Waals surface area contributed by atoms with Gasteiger partial charge in [-0.2, -0.15) is 0 Å². The van der Waals surface area contributed by atoms with E-state index in [9.17, 15) is 20.1 Å². The molecule has 0 amide bonds. The predicted octanol–water partition coefficient (Wildman–Crippen LogP) is 3.06. The number of aliphatic hydroxyl groups excluding tert-OH is 1. The van der Waals surface area contributed by atoms with Gasteiger partial charge in [-0.15, -0.1) is 0 Å². The van der Waals surface area contributed by atoms with E-state index in [1.807, 2.05) is 6.07 Å². The van der Waals surface area contributed by atoms with Gasteiger partial charge in [-0.25, -0.2) is 4.79 Å². The first-order valence-corrected chi connectivity index (χ1v) is 14.1. The molecule has 4 aliphatic carbocycles. The lowest BCUT2D eigenvalue weighted by Gasteiger charge is -2.66. The Morgan fingerprint density at radius 1 is 1.00 bits per heavy atom. The van der Waals surface area contributed by atoms with E-state index in [2.05, 4.69) is 18.7 Å². The number of ether oxygens (including phenoxy) is 1. The van der Waals surface area contributed by atoms with Crippen LogP contribution in [0.3, 0.4) is 0 Å². The maximum absolute atomic E-state index is 12.4. The lowest BCUT2D eigenvalue weighted by molar-refractivity contribution is -0.252. The fourth-order valence-electron chi connectivity index (χ4n) is 9.80. The van der Waals surface area contributed by atoms with Crippen molar-refractivity contribution in [2.24, 2.45) is 22.7 Å². The molecule has 0 radical (unpaired) electrons. The largest absolute Gasteiger partial charge is 0.431 e. The van der Waals surface area contributed by atoms with Crippen molar-refractivity contribution in [3.63, 3.8) is 0 Å². The molecule has 0 spiro atoms. The first kappa shape index (κ1) is 25.1. The first-order valence-electron chi connectivity index (χ1n) is 14.1. The summed E-state index contributed by atoms with van der Waals surface area (Å²) in [5.41, 5.74) is -1.27. The second-order valence-electron chi connectivity index (χ2n) is 13.1. The topological polar surface area (TPSA) is 103 Å². The molecular formula is C29H43NO6. The van der Waals surface area contributed by atoms with Gasteiger partial charge in [0.05, 0.1) is 36.8 Å². The Morgan fingerprint density at radius 2 is 1.78 bits per heavy atom. The molecule has 1 aromatic heterocycles. The minimum Gasteiger partial charge on any atom is -0.431 e. The lowest BCUT2D eigenvalue weighted by atomic mass is 9.41. The Labute approximate surface area is 213 Å². The molecule has 1 aliphatic heterocycles. The normalized spacial score (nSPS) is 49.2. The van der Waals surface area contributed by atoms with Crippen molar-refractivity contribution in [2.45, 2.75) is 101 Å². The average molecular weight is 502 g/mol. The van der Waals surface area contributed by atoms with Crippen LogP contribution < -0.4 is 5.63 Å². The van der Waals surface area contributed by atoms with Crippen LogP contribution in [0.1, 0.15) is 83.1 Å². The Kier molecular flexibility index (Phi) is 6.01. The van der Waals surface area contributed by atoms with E-state index in [-0.39, 0.29) is 41.0 Å². The molecule has 1 aromatic rings. The van der Waals surface area contributed by atoms with Crippen LogP contribution in [0, 0.1) is 22.7 Å². The molecule has 7 nitrogen and oxygen atoms in total. The number of hydrogen-bond donors (Lipinski definition) is 3. The highest BCUT2D eigenvalue weighted by molar-refractivity contribution is 5.28. The fourth-order valence-corrected chi connectivity index (χ4v) is 9.80. The number of rotatable bonds is 3. The molecule has 7 heteroatoms.